The monoisotopic (exact) mass is 343 g/mol. The summed E-state index contributed by atoms with van der Waals surface area (Å²) in [6, 6.07) is 8.11. The highest BCUT2D eigenvalue weighted by Crippen LogP contribution is 2.17. The van der Waals surface area contributed by atoms with Gasteiger partial charge >= 0.3 is 0 Å². The Labute approximate surface area is 150 Å². The van der Waals surface area contributed by atoms with Gasteiger partial charge in [-0.1, -0.05) is 17.7 Å². The molecule has 5 heteroatoms. The van der Waals surface area contributed by atoms with Gasteiger partial charge in [-0.2, -0.15) is 0 Å². The number of nitrogens with zero attached hydrogens (tertiary/aromatic N) is 3. The van der Waals surface area contributed by atoms with Gasteiger partial charge in [-0.05, 0) is 45.2 Å². The molecule has 25 heavy (non-hydrogen) atoms. The van der Waals surface area contributed by atoms with Crippen molar-refractivity contribution in [3.63, 3.8) is 0 Å². The number of hydrogen-bond acceptors (Lipinski definition) is 3. The number of benzene rings is 1. The van der Waals surface area contributed by atoms with Crippen LogP contribution in [0.1, 0.15) is 42.1 Å². The molecule has 0 bridgehead atoms. The van der Waals surface area contributed by atoms with Gasteiger partial charge in [0.2, 0.25) is 5.91 Å². The number of carbonyl (C=O) groups is 2. The summed E-state index contributed by atoms with van der Waals surface area (Å²) in [6.45, 7) is 8.45. The van der Waals surface area contributed by atoms with Crippen molar-refractivity contribution in [2.24, 2.45) is 0 Å². The topological polar surface area (TPSA) is 43.9 Å². The molecule has 0 saturated carbocycles. The Bertz CT molecular complexity index is 623. The molecule has 2 aliphatic heterocycles. The van der Waals surface area contributed by atoms with Crippen LogP contribution >= 0.6 is 0 Å². The van der Waals surface area contributed by atoms with E-state index in [2.05, 4.69) is 11.8 Å². The molecule has 1 unspecified atom stereocenters. The van der Waals surface area contributed by atoms with Crippen LogP contribution in [-0.4, -0.2) is 71.8 Å². The molecule has 2 saturated heterocycles. The van der Waals surface area contributed by atoms with Crippen molar-refractivity contribution < 1.29 is 9.59 Å². The third-order valence-electron chi connectivity index (χ3n) is 5.41. The van der Waals surface area contributed by atoms with Crippen LogP contribution < -0.4 is 0 Å². The highest BCUT2D eigenvalue weighted by molar-refractivity contribution is 5.94. The molecular weight excluding hydrogens is 314 g/mol. The molecule has 0 aliphatic carbocycles. The van der Waals surface area contributed by atoms with E-state index in [4.69, 9.17) is 0 Å². The zero-order chi connectivity index (χ0) is 17.8. The highest BCUT2D eigenvalue weighted by Gasteiger charge is 2.27. The Balaban J connectivity index is 1.50. The molecule has 0 N–H and O–H groups in total. The second-order valence-corrected chi connectivity index (χ2v) is 7.37. The average molecular weight is 343 g/mol. The molecule has 3 rings (SSSR count). The van der Waals surface area contributed by atoms with E-state index in [1.54, 1.807) is 0 Å². The van der Waals surface area contributed by atoms with Gasteiger partial charge in [0.25, 0.3) is 5.91 Å². The predicted molar refractivity (Wildman–Crippen MR) is 98.5 cm³/mol. The maximum Gasteiger partial charge on any atom is 0.253 e. The quantitative estimate of drug-likeness (QED) is 0.845. The van der Waals surface area contributed by atoms with Crippen molar-refractivity contribution in [2.45, 2.75) is 39.2 Å². The van der Waals surface area contributed by atoms with Crippen LogP contribution in [0.4, 0.5) is 0 Å². The normalized spacial score (nSPS) is 22.1. The Morgan fingerprint density at radius 1 is 1.08 bits per heavy atom. The number of piperidine rings is 1. The fraction of sp³-hybridized carbons (Fsp3) is 0.600. The van der Waals surface area contributed by atoms with Crippen molar-refractivity contribution in [1.82, 2.24) is 14.7 Å². The molecule has 136 valence electrons. The zero-order valence-electron chi connectivity index (χ0n) is 15.4. The summed E-state index contributed by atoms with van der Waals surface area (Å²) in [4.78, 5) is 31.3. The Morgan fingerprint density at radius 2 is 1.84 bits per heavy atom. The molecule has 0 radical (unpaired) electrons. The van der Waals surface area contributed by atoms with Crippen molar-refractivity contribution >= 4 is 11.8 Å². The fourth-order valence-corrected chi connectivity index (χ4v) is 3.82. The van der Waals surface area contributed by atoms with Crippen LogP contribution in [0.2, 0.25) is 0 Å². The molecule has 0 aromatic heterocycles. The lowest BCUT2D eigenvalue weighted by molar-refractivity contribution is -0.136. The Morgan fingerprint density at radius 3 is 2.52 bits per heavy atom. The highest BCUT2D eigenvalue weighted by atomic mass is 16.2. The van der Waals surface area contributed by atoms with Crippen molar-refractivity contribution in [2.75, 3.05) is 39.3 Å². The fourth-order valence-electron chi connectivity index (χ4n) is 3.82. The number of likely N-dealkylation sites (tertiary alicyclic amines) is 1. The minimum absolute atomic E-state index is 0.0966. The summed E-state index contributed by atoms with van der Waals surface area (Å²) in [5.74, 6) is 0.338. The van der Waals surface area contributed by atoms with Gasteiger partial charge in [-0.3, -0.25) is 14.5 Å². The molecule has 1 aromatic rings. The van der Waals surface area contributed by atoms with Crippen LogP contribution in [0.15, 0.2) is 24.3 Å². The van der Waals surface area contributed by atoms with Gasteiger partial charge in [0.05, 0.1) is 6.54 Å². The summed E-state index contributed by atoms with van der Waals surface area (Å²) >= 11 is 0. The molecule has 1 atom stereocenters. The van der Waals surface area contributed by atoms with Crippen LogP contribution in [0.5, 0.6) is 0 Å². The van der Waals surface area contributed by atoms with Crippen molar-refractivity contribution in [3.05, 3.63) is 35.4 Å². The first kappa shape index (κ1) is 17.9. The van der Waals surface area contributed by atoms with Crippen LogP contribution in [0.25, 0.3) is 0 Å². The molecule has 2 aliphatic rings. The molecule has 2 fully saturated rings. The summed E-state index contributed by atoms with van der Waals surface area (Å²) < 4.78 is 0. The smallest absolute Gasteiger partial charge is 0.253 e. The molecule has 1 aromatic carbocycles. The molecule has 5 nitrogen and oxygen atoms in total. The lowest BCUT2D eigenvalue weighted by Gasteiger charge is -2.38. The number of amides is 2. The number of rotatable bonds is 3. The van der Waals surface area contributed by atoms with E-state index in [9.17, 15) is 9.59 Å². The maximum absolute atomic E-state index is 12.6. The average Bonchev–Trinajstić information content (AvgIpc) is 2.62. The van der Waals surface area contributed by atoms with Gasteiger partial charge in [0.15, 0.2) is 0 Å². The molecule has 0 spiro atoms. The Kier molecular flexibility index (Phi) is 5.74. The number of piperazine rings is 1. The van der Waals surface area contributed by atoms with E-state index in [0.717, 1.165) is 43.6 Å². The summed E-state index contributed by atoms with van der Waals surface area (Å²) in [6.07, 6.45) is 3.46. The SMILES string of the molecule is Cc1cccc(C(=O)N2CCN(CC(=O)N3CCCCC3C)CC2)c1. The zero-order valence-corrected chi connectivity index (χ0v) is 15.4. The summed E-state index contributed by atoms with van der Waals surface area (Å²) in [5, 5.41) is 0. The van der Waals surface area contributed by atoms with E-state index in [-0.39, 0.29) is 11.8 Å². The first-order chi connectivity index (χ1) is 12.0. The van der Waals surface area contributed by atoms with E-state index >= 15 is 0 Å². The lowest BCUT2D eigenvalue weighted by atomic mass is 10.0. The third kappa shape index (κ3) is 4.40. The van der Waals surface area contributed by atoms with Crippen LogP contribution in [-0.2, 0) is 4.79 Å². The first-order valence-corrected chi connectivity index (χ1v) is 9.42. The standard InChI is InChI=1S/C20H29N3O2/c1-16-6-5-8-18(14-16)20(25)22-12-10-21(11-13-22)15-19(24)23-9-4-3-7-17(23)2/h5-6,8,14,17H,3-4,7,9-13,15H2,1-2H3. The van der Waals surface area contributed by atoms with Gasteiger partial charge in [-0.25, -0.2) is 0 Å². The van der Waals surface area contributed by atoms with E-state index in [1.807, 2.05) is 41.0 Å². The van der Waals surface area contributed by atoms with Gasteiger partial charge in [0, 0.05) is 44.3 Å². The maximum atomic E-state index is 12.6. The van der Waals surface area contributed by atoms with Crippen LogP contribution in [0, 0.1) is 6.92 Å². The molecule has 2 heterocycles. The van der Waals surface area contributed by atoms with E-state index in [0.29, 0.717) is 25.7 Å². The minimum atomic E-state index is 0.0966. The largest absolute Gasteiger partial charge is 0.339 e. The number of carbonyl (C=O) groups excluding carboxylic acids is 2. The molecular formula is C20H29N3O2. The van der Waals surface area contributed by atoms with Gasteiger partial charge in [-0.15, -0.1) is 0 Å². The number of hydrogen-bond donors (Lipinski definition) is 0. The molecule has 2 amide bonds. The van der Waals surface area contributed by atoms with E-state index < -0.39 is 0 Å². The van der Waals surface area contributed by atoms with Gasteiger partial charge < -0.3 is 9.80 Å². The second-order valence-electron chi connectivity index (χ2n) is 7.37. The summed E-state index contributed by atoms with van der Waals surface area (Å²) in [5.41, 5.74) is 1.86. The van der Waals surface area contributed by atoms with E-state index in [1.165, 1.54) is 6.42 Å². The number of aryl methyl sites for hydroxylation is 1. The Hall–Kier alpha value is -1.88. The lowest BCUT2D eigenvalue weighted by Crippen LogP contribution is -2.53. The van der Waals surface area contributed by atoms with Crippen molar-refractivity contribution in [3.8, 4) is 0 Å². The van der Waals surface area contributed by atoms with Gasteiger partial charge in [0.1, 0.15) is 0 Å². The first-order valence-electron chi connectivity index (χ1n) is 9.42. The summed E-state index contributed by atoms with van der Waals surface area (Å²) in [7, 11) is 0. The predicted octanol–water partition coefficient (Wildman–Crippen LogP) is 2.15. The third-order valence-corrected chi connectivity index (χ3v) is 5.41. The second kappa shape index (κ2) is 8.00. The van der Waals surface area contributed by atoms with Crippen LogP contribution in [0.3, 0.4) is 0 Å². The van der Waals surface area contributed by atoms with Crippen molar-refractivity contribution in [1.29, 1.82) is 0 Å². The minimum Gasteiger partial charge on any atom is -0.339 e.